The third-order valence-corrected chi connectivity index (χ3v) is 5.36. The maximum atomic E-state index is 12.0. The van der Waals surface area contributed by atoms with Crippen LogP contribution in [-0.4, -0.2) is 40.8 Å². The topological polar surface area (TPSA) is 75.7 Å². The molecule has 8 heteroatoms. The van der Waals surface area contributed by atoms with E-state index in [4.69, 9.17) is 4.74 Å². The first-order valence-corrected chi connectivity index (χ1v) is 10.0. The maximum Gasteiger partial charge on any atom is 0.232 e. The minimum atomic E-state index is -3.46. The van der Waals surface area contributed by atoms with E-state index in [1.165, 1.54) is 22.8 Å². The zero-order valence-corrected chi connectivity index (χ0v) is 15.2. The Hall–Kier alpha value is -2.06. The van der Waals surface area contributed by atoms with Crippen LogP contribution in [0.3, 0.4) is 0 Å². The Bertz CT molecular complexity index is 773. The largest absolute Gasteiger partial charge is 0.497 e. The molecule has 130 valence electrons. The van der Waals surface area contributed by atoms with E-state index in [2.05, 4.69) is 5.32 Å². The van der Waals surface area contributed by atoms with Gasteiger partial charge in [-0.15, -0.1) is 11.3 Å². The lowest BCUT2D eigenvalue weighted by Crippen LogP contribution is -2.38. The lowest BCUT2D eigenvalue weighted by Gasteiger charge is -2.23. The van der Waals surface area contributed by atoms with Crippen molar-refractivity contribution in [2.75, 3.05) is 30.8 Å². The van der Waals surface area contributed by atoms with Crippen LogP contribution < -0.4 is 14.4 Å². The molecule has 1 aromatic heterocycles. The molecule has 1 heterocycles. The molecule has 6 nitrogen and oxygen atoms in total. The van der Waals surface area contributed by atoms with Crippen LogP contribution in [0.25, 0.3) is 0 Å². The molecular weight excluding hydrogens is 348 g/mol. The van der Waals surface area contributed by atoms with Gasteiger partial charge in [-0.05, 0) is 23.6 Å². The highest BCUT2D eigenvalue weighted by molar-refractivity contribution is 7.92. The third kappa shape index (κ3) is 5.24. The van der Waals surface area contributed by atoms with Gasteiger partial charge in [0.2, 0.25) is 15.9 Å². The fourth-order valence-electron chi connectivity index (χ4n) is 2.18. The summed E-state index contributed by atoms with van der Waals surface area (Å²) in [5.41, 5.74) is 0.504. The molecule has 1 amide bonds. The molecule has 0 saturated heterocycles. The predicted octanol–water partition coefficient (Wildman–Crippen LogP) is 1.88. The number of rotatable bonds is 8. The van der Waals surface area contributed by atoms with Gasteiger partial charge in [-0.3, -0.25) is 9.10 Å². The number of methoxy groups -OCH3 is 1. The van der Waals surface area contributed by atoms with Crippen molar-refractivity contribution in [3.63, 3.8) is 0 Å². The van der Waals surface area contributed by atoms with Crippen LogP contribution >= 0.6 is 11.3 Å². The Balaban J connectivity index is 1.98. The lowest BCUT2D eigenvalue weighted by molar-refractivity contribution is -0.120. The number of sulfonamides is 1. The molecule has 24 heavy (non-hydrogen) atoms. The number of ether oxygens (including phenoxy) is 1. The zero-order chi connectivity index (χ0) is 17.6. The first kappa shape index (κ1) is 18.3. The average molecular weight is 368 g/mol. The Labute approximate surface area is 146 Å². The van der Waals surface area contributed by atoms with Crippen LogP contribution in [0.4, 0.5) is 5.69 Å². The zero-order valence-electron chi connectivity index (χ0n) is 13.6. The molecule has 0 unspecified atom stereocenters. The molecule has 0 aliphatic heterocycles. The van der Waals surface area contributed by atoms with Gasteiger partial charge in [0, 0.05) is 17.5 Å². The molecule has 0 aliphatic carbocycles. The third-order valence-electron chi connectivity index (χ3n) is 3.29. The van der Waals surface area contributed by atoms with Crippen molar-refractivity contribution >= 4 is 33.0 Å². The van der Waals surface area contributed by atoms with Crippen LogP contribution in [0, 0.1) is 0 Å². The molecule has 2 rings (SSSR count). The number of thiophene rings is 1. The molecule has 1 aromatic carbocycles. The second-order valence-electron chi connectivity index (χ2n) is 5.14. The number of nitrogens with zero attached hydrogens (tertiary/aromatic N) is 1. The monoisotopic (exact) mass is 368 g/mol. The van der Waals surface area contributed by atoms with E-state index >= 15 is 0 Å². The van der Waals surface area contributed by atoms with E-state index in [0.717, 1.165) is 11.1 Å². The minimum absolute atomic E-state index is 0.128. The van der Waals surface area contributed by atoms with Gasteiger partial charge in [-0.25, -0.2) is 8.42 Å². The van der Waals surface area contributed by atoms with Crippen LogP contribution in [0.15, 0.2) is 41.8 Å². The number of anilines is 1. The number of carbonyl (C=O) groups is 1. The highest BCUT2D eigenvalue weighted by Gasteiger charge is 2.18. The van der Waals surface area contributed by atoms with E-state index in [-0.39, 0.29) is 19.0 Å². The van der Waals surface area contributed by atoms with Crippen molar-refractivity contribution < 1.29 is 17.9 Å². The Kier molecular flexibility index (Phi) is 6.22. The Morgan fingerprint density at radius 2 is 2.08 bits per heavy atom. The van der Waals surface area contributed by atoms with Gasteiger partial charge < -0.3 is 10.1 Å². The van der Waals surface area contributed by atoms with Crippen molar-refractivity contribution in [2.45, 2.75) is 6.42 Å². The summed E-state index contributed by atoms with van der Waals surface area (Å²) in [5.74, 6) is 0.444. The number of hydrogen-bond donors (Lipinski definition) is 1. The molecule has 0 atom stereocenters. The van der Waals surface area contributed by atoms with Gasteiger partial charge >= 0.3 is 0 Å². The minimum Gasteiger partial charge on any atom is -0.497 e. The standard InChI is InChI=1S/C16H20N2O4S2/c1-22-14-6-3-5-13(11-14)18(24(2,20)21)9-8-17-16(19)12-15-7-4-10-23-15/h3-7,10-11H,8-9,12H2,1-2H3,(H,17,19). The van der Waals surface area contributed by atoms with Gasteiger partial charge in [0.05, 0.1) is 32.0 Å². The summed E-state index contributed by atoms with van der Waals surface area (Å²) in [4.78, 5) is 12.9. The van der Waals surface area contributed by atoms with E-state index in [1.807, 2.05) is 17.5 Å². The molecule has 2 aromatic rings. The van der Waals surface area contributed by atoms with E-state index in [9.17, 15) is 13.2 Å². The second kappa shape index (κ2) is 8.16. The van der Waals surface area contributed by atoms with Crippen molar-refractivity contribution in [3.05, 3.63) is 46.7 Å². The number of hydrogen-bond acceptors (Lipinski definition) is 5. The van der Waals surface area contributed by atoms with Gasteiger partial charge in [0.25, 0.3) is 0 Å². The number of carbonyl (C=O) groups excluding carboxylic acids is 1. The summed E-state index contributed by atoms with van der Waals surface area (Å²) >= 11 is 1.52. The van der Waals surface area contributed by atoms with Crippen molar-refractivity contribution in [1.29, 1.82) is 0 Å². The average Bonchev–Trinajstić information content (AvgIpc) is 3.03. The van der Waals surface area contributed by atoms with Crippen LogP contribution in [0.1, 0.15) is 4.88 Å². The van der Waals surface area contributed by atoms with Gasteiger partial charge in [0.15, 0.2) is 0 Å². The molecule has 0 radical (unpaired) electrons. The fourth-order valence-corrected chi connectivity index (χ4v) is 3.81. The summed E-state index contributed by atoms with van der Waals surface area (Å²) < 4.78 is 30.5. The fraction of sp³-hybridized carbons (Fsp3) is 0.312. The first-order chi connectivity index (χ1) is 11.4. The summed E-state index contributed by atoms with van der Waals surface area (Å²) in [7, 11) is -1.94. The number of benzene rings is 1. The van der Waals surface area contributed by atoms with Crippen molar-refractivity contribution in [1.82, 2.24) is 5.32 Å². The van der Waals surface area contributed by atoms with E-state index < -0.39 is 10.0 Å². The van der Waals surface area contributed by atoms with Crippen molar-refractivity contribution in [2.24, 2.45) is 0 Å². The van der Waals surface area contributed by atoms with Crippen LogP contribution in [0.5, 0.6) is 5.75 Å². The normalized spacial score (nSPS) is 11.1. The van der Waals surface area contributed by atoms with Crippen LogP contribution in [0.2, 0.25) is 0 Å². The molecule has 0 saturated carbocycles. The van der Waals surface area contributed by atoms with E-state index in [1.54, 1.807) is 24.3 Å². The van der Waals surface area contributed by atoms with Crippen molar-refractivity contribution in [3.8, 4) is 5.75 Å². The number of nitrogens with one attached hydrogen (secondary N) is 1. The summed E-state index contributed by atoms with van der Waals surface area (Å²) in [5, 5.41) is 4.67. The van der Waals surface area contributed by atoms with E-state index in [0.29, 0.717) is 17.9 Å². The molecular formula is C16H20N2O4S2. The van der Waals surface area contributed by atoms with Gasteiger partial charge in [0.1, 0.15) is 5.75 Å². The maximum absolute atomic E-state index is 12.0. The van der Waals surface area contributed by atoms with Gasteiger partial charge in [-0.2, -0.15) is 0 Å². The highest BCUT2D eigenvalue weighted by atomic mass is 32.2. The van der Waals surface area contributed by atoms with Crippen LogP contribution in [-0.2, 0) is 21.2 Å². The molecule has 1 N–H and O–H groups in total. The Morgan fingerprint density at radius 1 is 1.29 bits per heavy atom. The molecule has 0 bridgehead atoms. The molecule has 0 aliphatic rings. The summed E-state index contributed by atoms with van der Waals surface area (Å²) in [6.45, 7) is 0.386. The van der Waals surface area contributed by atoms with Gasteiger partial charge in [-0.1, -0.05) is 12.1 Å². The molecule has 0 spiro atoms. The first-order valence-electron chi connectivity index (χ1n) is 7.31. The predicted molar refractivity (Wildman–Crippen MR) is 96.2 cm³/mol. The lowest BCUT2D eigenvalue weighted by atomic mass is 10.3. The smallest absolute Gasteiger partial charge is 0.232 e. The highest BCUT2D eigenvalue weighted by Crippen LogP contribution is 2.22. The number of amides is 1. The Morgan fingerprint density at radius 3 is 2.71 bits per heavy atom. The second-order valence-corrected chi connectivity index (χ2v) is 8.08. The quantitative estimate of drug-likeness (QED) is 0.772. The summed E-state index contributed by atoms with van der Waals surface area (Å²) in [6, 6.07) is 10.6. The summed E-state index contributed by atoms with van der Waals surface area (Å²) in [6.07, 6.45) is 1.44. The molecule has 0 fully saturated rings. The SMILES string of the molecule is COc1cccc(N(CCNC(=O)Cc2cccs2)S(C)(=O)=O)c1.